The third-order valence-corrected chi connectivity index (χ3v) is 4.85. The molecule has 0 bridgehead atoms. The maximum Gasteiger partial charge on any atom is 0.256 e. The molecule has 1 amide bonds. The summed E-state index contributed by atoms with van der Waals surface area (Å²) in [6.07, 6.45) is 0.819. The predicted molar refractivity (Wildman–Crippen MR) is 102 cm³/mol. The molecule has 1 heterocycles. The van der Waals surface area contributed by atoms with Crippen molar-refractivity contribution in [2.24, 2.45) is 10.8 Å². The van der Waals surface area contributed by atoms with Crippen LogP contribution >= 0.6 is 22.6 Å². The van der Waals surface area contributed by atoms with Gasteiger partial charge in [-0.2, -0.15) is 0 Å². The minimum Gasteiger partial charge on any atom is -0.272 e. The first-order chi connectivity index (χ1) is 10.6. The second-order valence-electron chi connectivity index (χ2n) is 7.68. The van der Waals surface area contributed by atoms with Crippen molar-refractivity contribution in [1.82, 2.24) is 5.06 Å². The standard InChI is InChI=1S/C19H26INO2/c1-14(20)16-11-21(23-12-15-9-7-6-8-10-15)17(22)19(16,5)13-18(2,3)4/h6-10H,11-13H2,1-5H3/b16-14+. The van der Waals surface area contributed by atoms with E-state index in [0.717, 1.165) is 12.0 Å². The molecule has 0 saturated carbocycles. The van der Waals surface area contributed by atoms with E-state index in [9.17, 15) is 4.79 Å². The van der Waals surface area contributed by atoms with E-state index in [-0.39, 0.29) is 11.3 Å². The number of allylic oxidation sites excluding steroid dienone is 1. The first kappa shape index (κ1) is 18.5. The molecule has 1 aliphatic rings. The minimum absolute atomic E-state index is 0.0781. The summed E-state index contributed by atoms with van der Waals surface area (Å²) in [5.41, 5.74) is 1.87. The smallest absolute Gasteiger partial charge is 0.256 e. The van der Waals surface area contributed by atoms with Crippen molar-refractivity contribution >= 4 is 28.5 Å². The van der Waals surface area contributed by atoms with E-state index >= 15 is 0 Å². The topological polar surface area (TPSA) is 29.5 Å². The van der Waals surface area contributed by atoms with Crippen LogP contribution in [0.5, 0.6) is 0 Å². The molecule has 1 unspecified atom stereocenters. The predicted octanol–water partition coefficient (Wildman–Crippen LogP) is 5.11. The van der Waals surface area contributed by atoms with Gasteiger partial charge >= 0.3 is 0 Å². The summed E-state index contributed by atoms with van der Waals surface area (Å²) >= 11 is 2.33. The van der Waals surface area contributed by atoms with Gasteiger partial charge in [0.25, 0.3) is 5.91 Å². The normalized spacial score (nSPS) is 24.3. The van der Waals surface area contributed by atoms with E-state index in [1.54, 1.807) is 5.06 Å². The van der Waals surface area contributed by atoms with Crippen molar-refractivity contribution in [2.75, 3.05) is 6.54 Å². The Bertz CT molecular complexity index is 600. The highest BCUT2D eigenvalue weighted by atomic mass is 127. The Balaban J connectivity index is 2.18. The number of amides is 1. The third kappa shape index (κ3) is 4.35. The molecule has 0 spiro atoms. The van der Waals surface area contributed by atoms with Crippen LogP contribution in [0.15, 0.2) is 39.5 Å². The number of hydrogen-bond donors (Lipinski definition) is 0. The van der Waals surface area contributed by atoms with Crippen LogP contribution in [0.2, 0.25) is 0 Å². The number of rotatable bonds is 4. The van der Waals surface area contributed by atoms with Gasteiger partial charge in [0.1, 0.15) is 6.61 Å². The molecule has 4 heteroatoms. The van der Waals surface area contributed by atoms with Gasteiger partial charge in [0, 0.05) is 0 Å². The van der Waals surface area contributed by atoms with Gasteiger partial charge in [-0.25, -0.2) is 5.06 Å². The summed E-state index contributed by atoms with van der Waals surface area (Å²) in [6.45, 7) is 11.7. The number of benzene rings is 1. The molecule has 1 aromatic rings. The lowest BCUT2D eigenvalue weighted by atomic mass is 9.71. The number of nitrogens with zero attached hydrogens (tertiary/aromatic N) is 1. The van der Waals surface area contributed by atoms with Gasteiger partial charge in [-0.1, -0.05) is 51.1 Å². The monoisotopic (exact) mass is 427 g/mol. The van der Waals surface area contributed by atoms with E-state index in [1.165, 1.54) is 9.15 Å². The highest BCUT2D eigenvalue weighted by molar-refractivity contribution is 14.1. The van der Waals surface area contributed by atoms with E-state index in [2.05, 4.69) is 57.2 Å². The largest absolute Gasteiger partial charge is 0.272 e. The lowest BCUT2D eigenvalue weighted by Gasteiger charge is -2.31. The van der Waals surface area contributed by atoms with E-state index in [4.69, 9.17) is 4.84 Å². The zero-order valence-electron chi connectivity index (χ0n) is 14.6. The molecule has 1 aromatic carbocycles. The maximum atomic E-state index is 13.0. The molecular weight excluding hydrogens is 401 g/mol. The van der Waals surface area contributed by atoms with Gasteiger partial charge in [-0.05, 0) is 63.0 Å². The van der Waals surface area contributed by atoms with Crippen LogP contribution in [0.1, 0.15) is 46.6 Å². The quantitative estimate of drug-likeness (QED) is 0.625. The Morgan fingerprint density at radius 1 is 1.30 bits per heavy atom. The van der Waals surface area contributed by atoms with Crippen molar-refractivity contribution in [3.05, 3.63) is 45.0 Å². The summed E-state index contributed by atoms with van der Waals surface area (Å²) in [6, 6.07) is 9.96. The molecule has 1 saturated heterocycles. The Labute approximate surface area is 153 Å². The molecule has 0 aromatic heterocycles. The summed E-state index contributed by atoms with van der Waals surface area (Å²) in [5, 5.41) is 1.55. The fourth-order valence-electron chi connectivity index (χ4n) is 3.36. The van der Waals surface area contributed by atoms with Crippen LogP contribution in [0.4, 0.5) is 0 Å². The zero-order chi connectivity index (χ0) is 17.3. The molecule has 1 fully saturated rings. The van der Waals surface area contributed by atoms with Crippen molar-refractivity contribution in [2.45, 2.75) is 47.6 Å². The second kappa shape index (κ2) is 6.93. The highest BCUT2D eigenvalue weighted by Crippen LogP contribution is 2.47. The molecule has 0 N–H and O–H groups in total. The number of halogens is 1. The SMILES string of the molecule is C/C(I)=C1/CN(OCc2ccccc2)C(=O)C1(C)CC(C)(C)C. The average Bonchev–Trinajstić information content (AvgIpc) is 2.68. The van der Waals surface area contributed by atoms with Gasteiger partial charge in [-0.3, -0.25) is 9.63 Å². The molecule has 1 aliphatic heterocycles. The van der Waals surface area contributed by atoms with Gasteiger partial charge in [0.15, 0.2) is 0 Å². The van der Waals surface area contributed by atoms with E-state index in [0.29, 0.717) is 13.2 Å². The summed E-state index contributed by atoms with van der Waals surface area (Å²) in [4.78, 5) is 18.8. The number of hydrogen-bond acceptors (Lipinski definition) is 2. The fraction of sp³-hybridized carbons (Fsp3) is 0.526. The van der Waals surface area contributed by atoms with Crippen molar-refractivity contribution in [1.29, 1.82) is 0 Å². The molecule has 1 atom stereocenters. The van der Waals surface area contributed by atoms with Crippen LogP contribution in [0.25, 0.3) is 0 Å². The molecule has 23 heavy (non-hydrogen) atoms. The van der Waals surface area contributed by atoms with Crippen molar-refractivity contribution < 1.29 is 9.63 Å². The van der Waals surface area contributed by atoms with E-state index < -0.39 is 5.41 Å². The number of carbonyl (C=O) groups is 1. The van der Waals surface area contributed by atoms with Crippen molar-refractivity contribution in [3.63, 3.8) is 0 Å². The molecule has 3 nitrogen and oxygen atoms in total. The molecule has 0 radical (unpaired) electrons. The fourth-order valence-corrected chi connectivity index (χ4v) is 4.12. The molecule has 2 rings (SSSR count). The first-order valence-corrected chi connectivity index (χ1v) is 9.06. The Hall–Kier alpha value is -0.880. The lowest BCUT2D eigenvalue weighted by molar-refractivity contribution is -0.187. The second-order valence-corrected chi connectivity index (χ2v) is 9.30. The Morgan fingerprint density at radius 3 is 2.43 bits per heavy atom. The zero-order valence-corrected chi connectivity index (χ0v) is 16.8. The van der Waals surface area contributed by atoms with Gasteiger partial charge in [0.2, 0.25) is 0 Å². The minimum atomic E-state index is -0.472. The molecule has 0 aliphatic carbocycles. The van der Waals surface area contributed by atoms with Crippen LogP contribution in [0, 0.1) is 10.8 Å². The van der Waals surface area contributed by atoms with Gasteiger partial charge in [-0.15, -0.1) is 0 Å². The maximum absolute atomic E-state index is 13.0. The molecular formula is C19H26INO2. The van der Waals surface area contributed by atoms with E-state index in [1.807, 2.05) is 30.3 Å². The van der Waals surface area contributed by atoms with Gasteiger partial charge in [0.05, 0.1) is 12.0 Å². The van der Waals surface area contributed by atoms with Gasteiger partial charge < -0.3 is 0 Å². The van der Waals surface area contributed by atoms with Crippen LogP contribution < -0.4 is 0 Å². The highest BCUT2D eigenvalue weighted by Gasteiger charge is 2.49. The van der Waals surface area contributed by atoms with Crippen LogP contribution in [0.3, 0.4) is 0 Å². The third-order valence-electron chi connectivity index (χ3n) is 4.20. The Kier molecular flexibility index (Phi) is 5.56. The lowest BCUT2D eigenvalue weighted by Crippen LogP contribution is -2.35. The summed E-state index contributed by atoms with van der Waals surface area (Å²) in [5.74, 6) is 0.0781. The first-order valence-electron chi connectivity index (χ1n) is 7.98. The van der Waals surface area contributed by atoms with Crippen molar-refractivity contribution in [3.8, 4) is 0 Å². The summed E-state index contributed by atoms with van der Waals surface area (Å²) < 4.78 is 1.19. The summed E-state index contributed by atoms with van der Waals surface area (Å²) in [7, 11) is 0. The number of carbonyl (C=O) groups excluding carboxylic acids is 1. The Morgan fingerprint density at radius 2 is 1.91 bits per heavy atom. The van der Waals surface area contributed by atoms with Crippen LogP contribution in [-0.2, 0) is 16.2 Å². The molecule has 126 valence electrons. The van der Waals surface area contributed by atoms with Crippen LogP contribution in [-0.4, -0.2) is 17.5 Å². The average molecular weight is 427 g/mol. The number of hydroxylamine groups is 2.